The number of nitrogens with one attached hydrogen (secondary N) is 1. The third kappa shape index (κ3) is 2.16. The van der Waals surface area contributed by atoms with Crippen LogP contribution < -0.4 is 5.32 Å². The molecule has 4 nitrogen and oxygen atoms in total. The van der Waals surface area contributed by atoms with Gasteiger partial charge in [-0.25, -0.2) is 9.78 Å². The van der Waals surface area contributed by atoms with E-state index in [2.05, 4.69) is 10.3 Å². The minimum atomic E-state index is -0.950. The average molecular weight is 252 g/mol. The number of anilines is 1. The van der Waals surface area contributed by atoms with Gasteiger partial charge in [0.1, 0.15) is 0 Å². The van der Waals surface area contributed by atoms with Gasteiger partial charge in [-0.1, -0.05) is 6.42 Å². The van der Waals surface area contributed by atoms with E-state index < -0.39 is 5.97 Å². The maximum atomic E-state index is 10.7. The second-order valence-corrected chi connectivity index (χ2v) is 6.02. The summed E-state index contributed by atoms with van der Waals surface area (Å²) in [7, 11) is 0. The van der Waals surface area contributed by atoms with Crippen LogP contribution in [0.25, 0.3) is 0 Å². The number of thiazole rings is 1. The lowest BCUT2D eigenvalue weighted by molar-refractivity contribution is 0.0691. The lowest BCUT2D eigenvalue weighted by atomic mass is 9.89. The van der Waals surface area contributed by atoms with Gasteiger partial charge in [0, 0.05) is 11.9 Å². The van der Waals surface area contributed by atoms with Gasteiger partial charge < -0.3 is 10.4 Å². The Morgan fingerprint density at radius 3 is 3.00 bits per heavy atom. The molecular weight excluding hydrogens is 236 g/mol. The van der Waals surface area contributed by atoms with E-state index in [1.54, 1.807) is 5.38 Å². The maximum absolute atomic E-state index is 10.7. The number of aromatic carboxylic acids is 1. The summed E-state index contributed by atoms with van der Waals surface area (Å²) in [6.07, 6.45) is 5.55. The lowest BCUT2D eigenvalue weighted by Gasteiger charge is -2.21. The van der Waals surface area contributed by atoms with E-state index in [1.165, 1.54) is 37.0 Å². The number of carboxylic acids is 1. The summed E-state index contributed by atoms with van der Waals surface area (Å²) in [4.78, 5) is 14.7. The third-order valence-electron chi connectivity index (χ3n) is 4.12. The van der Waals surface area contributed by atoms with E-state index >= 15 is 0 Å². The molecule has 3 rings (SSSR count). The number of fused-ring (bicyclic) bond motifs is 2. The molecule has 1 aromatic heterocycles. The molecule has 2 N–H and O–H groups in total. The molecule has 0 spiro atoms. The topological polar surface area (TPSA) is 62.2 Å². The van der Waals surface area contributed by atoms with Crippen molar-refractivity contribution in [2.75, 3.05) is 11.9 Å². The van der Waals surface area contributed by atoms with Crippen molar-refractivity contribution >= 4 is 22.4 Å². The number of hydrogen-bond donors (Lipinski definition) is 2. The summed E-state index contributed by atoms with van der Waals surface area (Å²) in [6, 6.07) is 0. The quantitative estimate of drug-likeness (QED) is 0.865. The highest BCUT2D eigenvalue weighted by atomic mass is 32.1. The Labute approximate surface area is 104 Å². The molecule has 0 radical (unpaired) electrons. The van der Waals surface area contributed by atoms with Crippen molar-refractivity contribution in [1.82, 2.24) is 4.98 Å². The van der Waals surface area contributed by atoms with E-state index in [1.807, 2.05) is 0 Å². The summed E-state index contributed by atoms with van der Waals surface area (Å²) in [5.41, 5.74) is 0.144. The Kier molecular flexibility index (Phi) is 2.78. The number of rotatable bonds is 4. The molecule has 92 valence electrons. The molecule has 2 fully saturated rings. The molecule has 3 unspecified atom stereocenters. The van der Waals surface area contributed by atoms with Crippen LogP contribution in [0.3, 0.4) is 0 Å². The first kappa shape index (κ1) is 11.0. The van der Waals surface area contributed by atoms with Gasteiger partial charge in [0.25, 0.3) is 0 Å². The van der Waals surface area contributed by atoms with Crippen LogP contribution in [-0.2, 0) is 0 Å². The summed E-state index contributed by atoms with van der Waals surface area (Å²) in [6.45, 7) is 0.952. The normalized spacial score (nSPS) is 30.7. The van der Waals surface area contributed by atoms with Crippen LogP contribution in [0.5, 0.6) is 0 Å². The third-order valence-corrected chi connectivity index (χ3v) is 4.92. The lowest BCUT2D eigenvalue weighted by Crippen LogP contribution is -2.20. The molecule has 2 aliphatic rings. The highest BCUT2D eigenvalue weighted by Crippen LogP contribution is 2.48. The van der Waals surface area contributed by atoms with E-state index in [9.17, 15) is 4.79 Å². The molecule has 2 bridgehead atoms. The van der Waals surface area contributed by atoms with Crippen LogP contribution >= 0.6 is 11.3 Å². The zero-order valence-corrected chi connectivity index (χ0v) is 10.4. The Hall–Kier alpha value is -1.10. The van der Waals surface area contributed by atoms with Gasteiger partial charge in [0.2, 0.25) is 0 Å². The van der Waals surface area contributed by atoms with Crippen molar-refractivity contribution < 1.29 is 9.90 Å². The van der Waals surface area contributed by atoms with E-state index in [-0.39, 0.29) is 5.69 Å². The molecule has 2 saturated carbocycles. The molecular formula is C12H16N2O2S. The molecule has 1 aromatic rings. The standard InChI is InChI=1S/C12H16N2O2S/c15-11(16)10-6-17-12(14-10)13-5-9-4-7-1-2-8(9)3-7/h6-9H,1-5H2,(H,13,14)(H,15,16). The Bertz CT molecular complexity index is 432. The number of hydrogen-bond acceptors (Lipinski definition) is 4. The van der Waals surface area contributed by atoms with Crippen LogP contribution in [0.2, 0.25) is 0 Å². The highest BCUT2D eigenvalue weighted by Gasteiger charge is 2.39. The van der Waals surface area contributed by atoms with Crippen LogP contribution in [0, 0.1) is 17.8 Å². The fraction of sp³-hybridized carbons (Fsp3) is 0.667. The molecule has 0 aromatic carbocycles. The highest BCUT2D eigenvalue weighted by molar-refractivity contribution is 7.13. The fourth-order valence-electron chi connectivity index (χ4n) is 3.30. The Balaban J connectivity index is 1.55. The minimum absolute atomic E-state index is 0.144. The maximum Gasteiger partial charge on any atom is 0.355 e. The van der Waals surface area contributed by atoms with Gasteiger partial charge in [-0.05, 0) is 37.0 Å². The van der Waals surface area contributed by atoms with Crippen LogP contribution in [-0.4, -0.2) is 22.6 Å². The summed E-state index contributed by atoms with van der Waals surface area (Å²) in [5.74, 6) is 1.67. The zero-order chi connectivity index (χ0) is 11.8. The average Bonchev–Trinajstić information content (AvgIpc) is 3.02. The van der Waals surface area contributed by atoms with Gasteiger partial charge >= 0.3 is 5.97 Å². The molecule has 1 heterocycles. The van der Waals surface area contributed by atoms with E-state index in [4.69, 9.17) is 5.11 Å². The van der Waals surface area contributed by atoms with Crippen molar-refractivity contribution in [2.24, 2.45) is 17.8 Å². The van der Waals surface area contributed by atoms with Gasteiger partial charge in [0.15, 0.2) is 10.8 Å². The molecule has 5 heteroatoms. The predicted molar refractivity (Wildman–Crippen MR) is 66.5 cm³/mol. The summed E-state index contributed by atoms with van der Waals surface area (Å²) < 4.78 is 0. The second-order valence-electron chi connectivity index (χ2n) is 5.16. The largest absolute Gasteiger partial charge is 0.476 e. The molecule has 0 saturated heterocycles. The zero-order valence-electron chi connectivity index (χ0n) is 9.56. The molecule has 0 aliphatic heterocycles. The predicted octanol–water partition coefficient (Wildman–Crippen LogP) is 2.69. The van der Waals surface area contributed by atoms with E-state index in [0.717, 1.165) is 29.4 Å². The van der Waals surface area contributed by atoms with Gasteiger partial charge in [-0.2, -0.15) is 0 Å². The number of aromatic nitrogens is 1. The molecule has 3 atom stereocenters. The SMILES string of the molecule is O=C(O)c1csc(NCC2CC3CCC2C3)n1. The van der Waals surface area contributed by atoms with Crippen LogP contribution in [0.4, 0.5) is 5.13 Å². The first-order valence-electron chi connectivity index (χ1n) is 6.15. The van der Waals surface area contributed by atoms with Crippen LogP contribution in [0.1, 0.15) is 36.2 Å². The second kappa shape index (κ2) is 4.29. The molecule has 17 heavy (non-hydrogen) atoms. The Morgan fingerprint density at radius 1 is 1.53 bits per heavy atom. The number of carboxylic acid groups (broad SMARTS) is 1. The van der Waals surface area contributed by atoms with Crippen molar-refractivity contribution in [3.05, 3.63) is 11.1 Å². The van der Waals surface area contributed by atoms with Crippen LogP contribution in [0.15, 0.2) is 5.38 Å². The Morgan fingerprint density at radius 2 is 2.41 bits per heavy atom. The van der Waals surface area contributed by atoms with Crippen molar-refractivity contribution in [3.8, 4) is 0 Å². The van der Waals surface area contributed by atoms with Crippen molar-refractivity contribution in [3.63, 3.8) is 0 Å². The van der Waals surface area contributed by atoms with Gasteiger partial charge in [0.05, 0.1) is 0 Å². The fourth-order valence-corrected chi connectivity index (χ4v) is 3.99. The number of carbonyl (C=O) groups is 1. The van der Waals surface area contributed by atoms with Gasteiger partial charge in [-0.3, -0.25) is 0 Å². The first-order chi connectivity index (χ1) is 8.22. The summed E-state index contributed by atoms with van der Waals surface area (Å²) >= 11 is 1.38. The van der Waals surface area contributed by atoms with Crippen molar-refractivity contribution in [2.45, 2.75) is 25.7 Å². The molecule has 0 amide bonds. The number of nitrogens with zero attached hydrogens (tertiary/aromatic N) is 1. The first-order valence-corrected chi connectivity index (χ1v) is 7.03. The summed E-state index contributed by atoms with van der Waals surface area (Å²) in [5, 5.41) is 14.4. The van der Waals surface area contributed by atoms with E-state index in [0.29, 0.717) is 0 Å². The monoisotopic (exact) mass is 252 g/mol. The smallest absolute Gasteiger partial charge is 0.355 e. The molecule has 2 aliphatic carbocycles. The van der Waals surface area contributed by atoms with Gasteiger partial charge in [-0.15, -0.1) is 11.3 Å². The van der Waals surface area contributed by atoms with Crippen molar-refractivity contribution in [1.29, 1.82) is 0 Å². The minimum Gasteiger partial charge on any atom is -0.476 e.